The van der Waals surface area contributed by atoms with Crippen molar-refractivity contribution in [1.29, 1.82) is 0 Å². The van der Waals surface area contributed by atoms with Crippen LogP contribution in [0.1, 0.15) is 57.9 Å². The molecular weight excluding hydrogens is 414 g/mol. The number of aliphatic hydroxyl groups is 2. The standard InChI is InChI=1S/C22H27N5O5/c1-4-5-6-7-8-9-10-14-18-19(23-22(25-21(18)31)24-20(30)13(2)3)27(26-14)17-11-15(29)16(12-28)32-17/h1,13,15-17,28-29H,5-8,11-12H2,2-3H3,(H2,23,24,25,30,31)/t15-,16+,17+/m0/s1. The lowest BCUT2D eigenvalue weighted by Crippen LogP contribution is -2.24. The molecule has 3 rings (SSSR count). The Morgan fingerprint density at radius 1 is 1.41 bits per heavy atom. The summed E-state index contributed by atoms with van der Waals surface area (Å²) in [6, 6.07) is 0. The minimum absolute atomic E-state index is 0.0200. The van der Waals surface area contributed by atoms with E-state index in [0.717, 1.165) is 12.8 Å². The maximum atomic E-state index is 12.8. The fourth-order valence-corrected chi connectivity index (χ4v) is 3.27. The summed E-state index contributed by atoms with van der Waals surface area (Å²) < 4.78 is 7.07. The van der Waals surface area contributed by atoms with Crippen LogP contribution in [0, 0.1) is 30.1 Å². The third-order valence-corrected chi connectivity index (χ3v) is 5.06. The molecule has 0 bridgehead atoms. The fourth-order valence-electron chi connectivity index (χ4n) is 3.27. The largest absolute Gasteiger partial charge is 0.394 e. The Balaban J connectivity index is 2.01. The molecule has 2 aromatic rings. The van der Waals surface area contributed by atoms with E-state index in [1.807, 2.05) is 0 Å². The summed E-state index contributed by atoms with van der Waals surface area (Å²) in [5.74, 6) is 7.86. The van der Waals surface area contributed by atoms with Gasteiger partial charge in [0.15, 0.2) is 17.6 Å². The number of aromatic amines is 1. The van der Waals surface area contributed by atoms with E-state index >= 15 is 0 Å². The predicted octanol–water partition coefficient (Wildman–Crippen LogP) is 0.900. The molecule has 3 atom stereocenters. The number of aromatic nitrogens is 4. The van der Waals surface area contributed by atoms with Crippen molar-refractivity contribution in [3.63, 3.8) is 0 Å². The van der Waals surface area contributed by atoms with Crippen molar-refractivity contribution in [3.8, 4) is 24.2 Å². The van der Waals surface area contributed by atoms with Crippen LogP contribution < -0.4 is 10.9 Å². The van der Waals surface area contributed by atoms with Crippen molar-refractivity contribution in [1.82, 2.24) is 19.7 Å². The van der Waals surface area contributed by atoms with E-state index in [4.69, 9.17) is 11.2 Å². The Bertz CT molecular complexity index is 1130. The van der Waals surface area contributed by atoms with Crippen molar-refractivity contribution in [3.05, 3.63) is 16.0 Å². The molecule has 1 aliphatic heterocycles. The highest BCUT2D eigenvalue weighted by molar-refractivity contribution is 5.91. The first-order valence-electron chi connectivity index (χ1n) is 10.6. The van der Waals surface area contributed by atoms with Crippen molar-refractivity contribution < 1.29 is 19.7 Å². The summed E-state index contributed by atoms with van der Waals surface area (Å²) in [7, 11) is 0. The maximum Gasteiger partial charge on any atom is 0.264 e. The summed E-state index contributed by atoms with van der Waals surface area (Å²) in [4.78, 5) is 31.8. The molecule has 0 aliphatic carbocycles. The summed E-state index contributed by atoms with van der Waals surface area (Å²) in [6.07, 6.45) is 5.95. The minimum atomic E-state index is -0.892. The van der Waals surface area contributed by atoms with Gasteiger partial charge in [-0.1, -0.05) is 19.8 Å². The van der Waals surface area contributed by atoms with E-state index in [1.165, 1.54) is 4.68 Å². The van der Waals surface area contributed by atoms with Crippen LogP contribution in [0.2, 0.25) is 0 Å². The lowest BCUT2D eigenvalue weighted by molar-refractivity contribution is -0.118. The van der Waals surface area contributed by atoms with Gasteiger partial charge in [-0.2, -0.15) is 10.1 Å². The van der Waals surface area contributed by atoms with E-state index in [1.54, 1.807) is 13.8 Å². The van der Waals surface area contributed by atoms with Crippen molar-refractivity contribution in [2.75, 3.05) is 11.9 Å². The number of ether oxygens (including phenoxy) is 1. The molecule has 0 saturated carbocycles. The first-order valence-corrected chi connectivity index (χ1v) is 10.6. The molecule has 3 heterocycles. The molecule has 1 saturated heterocycles. The zero-order valence-electron chi connectivity index (χ0n) is 18.1. The lowest BCUT2D eigenvalue weighted by Gasteiger charge is -2.13. The van der Waals surface area contributed by atoms with Gasteiger partial charge in [-0.05, 0) is 18.8 Å². The average Bonchev–Trinajstić information content (AvgIpc) is 3.30. The smallest absolute Gasteiger partial charge is 0.264 e. The Morgan fingerprint density at radius 2 is 2.16 bits per heavy atom. The summed E-state index contributed by atoms with van der Waals surface area (Å²) >= 11 is 0. The number of fused-ring (bicyclic) bond motifs is 1. The van der Waals surface area contributed by atoms with Crippen molar-refractivity contribution in [2.45, 2.75) is 64.4 Å². The number of nitrogens with one attached hydrogen (secondary N) is 2. The topological polar surface area (TPSA) is 142 Å². The number of carbonyl (C=O) groups is 1. The number of aliphatic hydroxyl groups excluding tert-OH is 2. The van der Waals surface area contributed by atoms with Crippen LogP contribution in [0.25, 0.3) is 11.0 Å². The van der Waals surface area contributed by atoms with E-state index in [2.05, 4.69) is 38.1 Å². The molecule has 170 valence electrons. The number of anilines is 1. The van der Waals surface area contributed by atoms with Crippen LogP contribution in [0.4, 0.5) is 5.95 Å². The van der Waals surface area contributed by atoms with Gasteiger partial charge < -0.3 is 14.9 Å². The maximum absolute atomic E-state index is 12.8. The SMILES string of the molecule is C#CCCCCC#Cc1nn([C@H]2C[C@H](O)[C@@H](CO)O2)c2nc(NC(=O)C(C)C)[nH]c(=O)c12. The molecule has 1 fully saturated rings. The average molecular weight is 441 g/mol. The van der Waals surface area contributed by atoms with Crippen LogP contribution in [-0.4, -0.2) is 54.7 Å². The Labute approximate surface area is 185 Å². The highest BCUT2D eigenvalue weighted by Gasteiger charge is 2.36. The Kier molecular flexibility index (Phi) is 7.65. The molecule has 2 aromatic heterocycles. The number of hydrogen-bond acceptors (Lipinski definition) is 7. The summed E-state index contributed by atoms with van der Waals surface area (Å²) in [5, 5.41) is 26.7. The fraction of sp³-hybridized carbons (Fsp3) is 0.545. The second-order valence-electron chi connectivity index (χ2n) is 7.88. The molecule has 10 nitrogen and oxygen atoms in total. The van der Waals surface area contributed by atoms with Gasteiger partial charge >= 0.3 is 0 Å². The zero-order chi connectivity index (χ0) is 23.3. The van der Waals surface area contributed by atoms with E-state index in [-0.39, 0.29) is 47.5 Å². The normalized spacial score (nSPS) is 20.2. The number of terminal acetylenes is 1. The Hall–Kier alpha value is -3.18. The number of carbonyl (C=O) groups excluding carboxylic acids is 1. The molecule has 10 heteroatoms. The van der Waals surface area contributed by atoms with Gasteiger partial charge in [0.05, 0.1) is 12.7 Å². The molecule has 0 spiro atoms. The summed E-state index contributed by atoms with van der Waals surface area (Å²) in [6.45, 7) is 3.08. The van der Waals surface area contributed by atoms with Crippen LogP contribution in [-0.2, 0) is 9.53 Å². The quantitative estimate of drug-likeness (QED) is 0.369. The first kappa shape index (κ1) is 23.5. The molecule has 1 aliphatic rings. The Morgan fingerprint density at radius 3 is 2.81 bits per heavy atom. The number of hydrogen-bond donors (Lipinski definition) is 4. The third-order valence-electron chi connectivity index (χ3n) is 5.06. The first-order chi connectivity index (χ1) is 15.3. The highest BCUT2D eigenvalue weighted by Crippen LogP contribution is 2.30. The molecule has 32 heavy (non-hydrogen) atoms. The van der Waals surface area contributed by atoms with Gasteiger partial charge in [0.25, 0.3) is 5.56 Å². The van der Waals surface area contributed by atoms with Gasteiger partial charge in [-0.3, -0.25) is 19.9 Å². The molecule has 1 amide bonds. The molecule has 0 unspecified atom stereocenters. The van der Waals surface area contributed by atoms with Crippen LogP contribution in [0.5, 0.6) is 0 Å². The number of H-pyrrole nitrogens is 1. The molecule has 0 aromatic carbocycles. The van der Waals surface area contributed by atoms with Gasteiger partial charge in [-0.25, -0.2) is 4.68 Å². The highest BCUT2D eigenvalue weighted by atomic mass is 16.5. The number of nitrogens with zero attached hydrogens (tertiary/aromatic N) is 3. The minimum Gasteiger partial charge on any atom is -0.394 e. The van der Waals surface area contributed by atoms with Gasteiger partial charge in [0.2, 0.25) is 11.9 Å². The van der Waals surface area contributed by atoms with E-state index in [9.17, 15) is 19.8 Å². The third kappa shape index (κ3) is 5.17. The van der Waals surface area contributed by atoms with Crippen molar-refractivity contribution >= 4 is 22.9 Å². The van der Waals surface area contributed by atoms with E-state index in [0.29, 0.717) is 12.8 Å². The predicted molar refractivity (Wildman–Crippen MR) is 117 cm³/mol. The van der Waals surface area contributed by atoms with Crippen LogP contribution in [0.15, 0.2) is 4.79 Å². The van der Waals surface area contributed by atoms with Gasteiger partial charge in [0.1, 0.15) is 11.5 Å². The second kappa shape index (κ2) is 10.4. The second-order valence-corrected chi connectivity index (χ2v) is 7.88. The molecule has 4 N–H and O–H groups in total. The van der Waals surface area contributed by atoms with Gasteiger partial charge in [0, 0.05) is 25.2 Å². The van der Waals surface area contributed by atoms with Gasteiger partial charge in [-0.15, -0.1) is 12.3 Å². The number of amides is 1. The summed E-state index contributed by atoms with van der Waals surface area (Å²) in [5.41, 5.74) is -0.118. The number of rotatable bonds is 7. The van der Waals surface area contributed by atoms with E-state index < -0.39 is 24.0 Å². The molecular formula is C22H27N5O5. The molecule has 0 radical (unpaired) electrons. The van der Waals surface area contributed by atoms with Crippen LogP contribution in [0.3, 0.4) is 0 Å². The van der Waals surface area contributed by atoms with Crippen LogP contribution >= 0.6 is 0 Å². The lowest BCUT2D eigenvalue weighted by atomic mass is 10.2. The monoisotopic (exact) mass is 441 g/mol. The zero-order valence-corrected chi connectivity index (χ0v) is 18.1. The number of unbranched alkanes of at least 4 members (excludes halogenated alkanes) is 3. The van der Waals surface area contributed by atoms with Crippen molar-refractivity contribution in [2.24, 2.45) is 5.92 Å².